The van der Waals surface area contributed by atoms with Crippen LogP contribution in [0.5, 0.6) is 0 Å². The third kappa shape index (κ3) is 14.1. The molecule has 1 aliphatic heterocycles. The second-order valence-electron chi connectivity index (χ2n) is 9.06. The summed E-state index contributed by atoms with van der Waals surface area (Å²) in [5.74, 6) is -2.58. The van der Waals surface area contributed by atoms with E-state index in [4.69, 9.17) is 0 Å². The van der Waals surface area contributed by atoms with Crippen LogP contribution in [0.25, 0.3) is 0 Å². The van der Waals surface area contributed by atoms with E-state index in [9.17, 15) is 29.4 Å². The molecular weight excluding hydrogens is 476 g/mol. The lowest BCUT2D eigenvalue weighted by Gasteiger charge is -2.24. The fraction of sp³-hybridized carbons (Fsp3) is 0.556. The van der Waals surface area contributed by atoms with Crippen LogP contribution in [-0.4, -0.2) is 64.6 Å². The second kappa shape index (κ2) is 17.9. The topological polar surface area (TPSA) is 157 Å². The number of unbranched alkanes of at least 4 members (excludes halogenated alkanes) is 5. The fourth-order valence-corrected chi connectivity index (χ4v) is 3.46. The number of rotatable bonds is 12. The average Bonchev–Trinajstić information content (AvgIpc) is 2.83. The summed E-state index contributed by atoms with van der Waals surface area (Å²) in [6.07, 6.45) is 16.1. The van der Waals surface area contributed by atoms with E-state index in [1.54, 1.807) is 19.1 Å². The molecule has 37 heavy (non-hydrogen) atoms. The molecule has 1 heterocycles. The van der Waals surface area contributed by atoms with Crippen molar-refractivity contribution < 1.29 is 29.4 Å². The molecule has 0 radical (unpaired) electrons. The number of hydrogen-bond donors (Lipinski definition) is 6. The van der Waals surface area contributed by atoms with E-state index in [2.05, 4.69) is 28.2 Å². The summed E-state index contributed by atoms with van der Waals surface area (Å²) in [5, 5.41) is 30.4. The third-order valence-corrected chi connectivity index (χ3v) is 5.56. The molecule has 4 amide bonds. The lowest BCUT2D eigenvalue weighted by atomic mass is 10.1. The summed E-state index contributed by atoms with van der Waals surface area (Å²) in [6.45, 7) is 5.29. The summed E-state index contributed by atoms with van der Waals surface area (Å²) in [6, 6.07) is -3.14. The van der Waals surface area contributed by atoms with Crippen molar-refractivity contribution in [2.24, 2.45) is 0 Å². The van der Waals surface area contributed by atoms with Gasteiger partial charge in [0.2, 0.25) is 23.6 Å². The summed E-state index contributed by atoms with van der Waals surface area (Å²) < 4.78 is 0. The smallest absolute Gasteiger partial charge is 0.247 e. The Morgan fingerprint density at radius 2 is 1.92 bits per heavy atom. The van der Waals surface area contributed by atoms with Crippen molar-refractivity contribution in [1.29, 1.82) is 0 Å². The fourth-order valence-electron chi connectivity index (χ4n) is 3.46. The van der Waals surface area contributed by atoms with Crippen molar-refractivity contribution in [2.75, 3.05) is 6.54 Å². The predicted octanol–water partition coefficient (Wildman–Crippen LogP) is 1.83. The minimum atomic E-state index is -1.33. The van der Waals surface area contributed by atoms with Crippen molar-refractivity contribution in [3.63, 3.8) is 0 Å². The number of nitrogens with one attached hydrogen (secondary N) is 4. The Morgan fingerprint density at radius 3 is 2.62 bits per heavy atom. The van der Waals surface area contributed by atoms with E-state index < -0.39 is 42.0 Å². The predicted molar refractivity (Wildman–Crippen MR) is 142 cm³/mol. The van der Waals surface area contributed by atoms with Crippen LogP contribution in [0, 0.1) is 0 Å². The lowest BCUT2D eigenvalue weighted by Crippen LogP contribution is -2.57. The molecule has 0 aromatic carbocycles. The van der Waals surface area contributed by atoms with Gasteiger partial charge in [-0.25, -0.2) is 0 Å². The lowest BCUT2D eigenvalue weighted by molar-refractivity contribution is -0.132. The molecule has 0 saturated heterocycles. The first-order valence-corrected chi connectivity index (χ1v) is 12.9. The van der Waals surface area contributed by atoms with E-state index in [0.29, 0.717) is 0 Å². The first-order valence-electron chi connectivity index (χ1n) is 12.9. The molecule has 0 unspecified atom stereocenters. The van der Waals surface area contributed by atoms with Crippen LogP contribution in [0.2, 0.25) is 0 Å². The van der Waals surface area contributed by atoms with Crippen LogP contribution < -0.4 is 21.3 Å². The minimum absolute atomic E-state index is 0.0441. The van der Waals surface area contributed by atoms with Gasteiger partial charge in [-0.05, 0) is 32.8 Å². The Hall–Kier alpha value is -3.40. The molecule has 1 rings (SSSR count). The van der Waals surface area contributed by atoms with Crippen molar-refractivity contribution >= 4 is 23.6 Å². The van der Waals surface area contributed by atoms with Crippen molar-refractivity contribution in [3.8, 4) is 0 Å². The highest BCUT2D eigenvalue weighted by Crippen LogP contribution is 2.06. The second-order valence-corrected chi connectivity index (χ2v) is 9.06. The zero-order chi connectivity index (χ0) is 27.6. The third-order valence-electron chi connectivity index (χ3n) is 5.56. The Kier molecular flexibility index (Phi) is 15.3. The Labute approximate surface area is 219 Å². The molecule has 4 atom stereocenters. The van der Waals surface area contributed by atoms with Gasteiger partial charge in [-0.3, -0.25) is 19.2 Å². The Bertz CT molecular complexity index is 878. The number of amides is 4. The monoisotopic (exact) mass is 518 g/mol. The van der Waals surface area contributed by atoms with Gasteiger partial charge in [-0.2, -0.15) is 0 Å². The molecule has 0 spiro atoms. The van der Waals surface area contributed by atoms with Crippen LogP contribution in [0.3, 0.4) is 0 Å². The highest BCUT2D eigenvalue weighted by atomic mass is 16.3. The highest BCUT2D eigenvalue weighted by molar-refractivity contribution is 5.96. The van der Waals surface area contributed by atoms with Crippen molar-refractivity contribution in [2.45, 2.75) is 89.9 Å². The van der Waals surface area contributed by atoms with Crippen LogP contribution in [-0.2, 0) is 19.2 Å². The molecule has 0 fully saturated rings. The van der Waals surface area contributed by atoms with Crippen molar-refractivity contribution in [3.05, 3.63) is 48.3 Å². The van der Waals surface area contributed by atoms with Gasteiger partial charge in [0.05, 0.1) is 11.9 Å². The normalized spacial score (nSPS) is 23.1. The molecule has 0 aromatic heterocycles. The van der Waals surface area contributed by atoms with Crippen LogP contribution in [0.4, 0.5) is 0 Å². The molecule has 0 aliphatic carbocycles. The maximum atomic E-state index is 12.9. The number of aliphatic hydroxyl groups excluding tert-OH is 2. The number of aliphatic hydroxyl groups is 2. The first kappa shape index (κ1) is 31.6. The number of allylic oxidation sites excluding steroid dienone is 3. The molecule has 1 aliphatic rings. The largest absolute Gasteiger partial charge is 0.512 e. The number of hydrogen-bond acceptors (Lipinski definition) is 6. The molecular formula is C27H42N4O6. The summed E-state index contributed by atoms with van der Waals surface area (Å²) in [4.78, 5) is 49.6. The molecule has 0 aromatic rings. The standard InChI is InChI=1S/C27H42N4O6/c1-4-5-6-7-8-9-10-11-12-13-24(35)31-25(20(3)32)27(37)30-22-18-21(33)16-17-28-23(34)15-14-19(2)29-26(22)36/h10-15,18-20,22,25,32-33H,4-9,16-17H2,1-3H3,(H,28,34)(H,29,36)(H,30,37)(H,31,35)/b11-10+,13-12+,15-14+,21-18-/t19-,20+,22+,25+/m0/s1. The van der Waals surface area contributed by atoms with Gasteiger partial charge < -0.3 is 31.5 Å². The Balaban J connectivity index is 2.77. The molecule has 0 saturated carbocycles. The van der Waals surface area contributed by atoms with Gasteiger partial charge in [0.15, 0.2) is 0 Å². The van der Waals surface area contributed by atoms with E-state index in [0.717, 1.165) is 18.9 Å². The van der Waals surface area contributed by atoms with E-state index in [1.165, 1.54) is 50.8 Å². The van der Waals surface area contributed by atoms with Gasteiger partial charge in [0.1, 0.15) is 12.1 Å². The summed E-state index contributed by atoms with van der Waals surface area (Å²) in [7, 11) is 0. The minimum Gasteiger partial charge on any atom is -0.512 e. The quantitative estimate of drug-likeness (QED) is 0.131. The van der Waals surface area contributed by atoms with E-state index >= 15 is 0 Å². The zero-order valence-corrected chi connectivity index (χ0v) is 22.0. The molecule has 0 bridgehead atoms. The molecule has 6 N–H and O–H groups in total. The molecule has 10 nitrogen and oxygen atoms in total. The maximum absolute atomic E-state index is 12.9. The van der Waals surface area contributed by atoms with Gasteiger partial charge in [0, 0.05) is 31.2 Å². The van der Waals surface area contributed by atoms with Crippen LogP contribution >= 0.6 is 0 Å². The SMILES string of the molecule is CCCCCCC/C=C/C=C/C(=O)N[C@@H](C(=O)N[C@@H]1/C=C(\O)CCNC(=O)/C=C/[C@H](C)NC1=O)[C@@H](C)O. The van der Waals surface area contributed by atoms with Gasteiger partial charge in [-0.15, -0.1) is 0 Å². The molecule has 206 valence electrons. The highest BCUT2D eigenvalue weighted by Gasteiger charge is 2.29. The van der Waals surface area contributed by atoms with Gasteiger partial charge in [-0.1, -0.05) is 56.9 Å². The number of carbonyl (C=O) groups excluding carboxylic acids is 4. The summed E-state index contributed by atoms with van der Waals surface area (Å²) >= 11 is 0. The van der Waals surface area contributed by atoms with E-state index in [1.807, 2.05) is 6.08 Å². The summed E-state index contributed by atoms with van der Waals surface area (Å²) in [5.41, 5.74) is 0. The van der Waals surface area contributed by atoms with Crippen LogP contribution in [0.15, 0.2) is 48.3 Å². The van der Waals surface area contributed by atoms with Gasteiger partial charge in [0.25, 0.3) is 0 Å². The van der Waals surface area contributed by atoms with Gasteiger partial charge >= 0.3 is 0 Å². The first-order chi connectivity index (χ1) is 17.6. The van der Waals surface area contributed by atoms with Crippen LogP contribution in [0.1, 0.15) is 65.7 Å². The zero-order valence-electron chi connectivity index (χ0n) is 22.0. The Morgan fingerprint density at radius 1 is 1.19 bits per heavy atom. The molecule has 10 heteroatoms. The maximum Gasteiger partial charge on any atom is 0.247 e. The van der Waals surface area contributed by atoms with Crippen molar-refractivity contribution in [1.82, 2.24) is 21.3 Å². The average molecular weight is 519 g/mol. The van der Waals surface area contributed by atoms with E-state index in [-0.39, 0.29) is 24.6 Å². The number of carbonyl (C=O) groups is 4.